The summed E-state index contributed by atoms with van der Waals surface area (Å²) in [5.41, 5.74) is 0. The molecule has 1 heterocycles. The second-order valence-corrected chi connectivity index (χ2v) is 1.99. The fourth-order valence-electron chi connectivity index (χ4n) is 0.622. The summed E-state index contributed by atoms with van der Waals surface area (Å²) >= 11 is 0. The first-order valence-corrected chi connectivity index (χ1v) is 2.76. The van der Waals surface area contributed by atoms with E-state index in [1.165, 1.54) is 12.3 Å². The van der Waals surface area contributed by atoms with Crippen molar-refractivity contribution >= 4 is 5.91 Å². The minimum atomic E-state index is -1.69. The summed E-state index contributed by atoms with van der Waals surface area (Å²) in [4.78, 5) is 10.5. The van der Waals surface area contributed by atoms with E-state index in [0.29, 0.717) is 0 Å². The van der Waals surface area contributed by atoms with Crippen LogP contribution in [0.4, 0.5) is 0 Å². The van der Waals surface area contributed by atoms with Crippen LogP contribution in [0.5, 0.6) is 0 Å². The molecule has 0 bridgehead atoms. The van der Waals surface area contributed by atoms with E-state index in [2.05, 4.69) is 10.6 Å². The molecule has 0 fully saturated rings. The number of rotatable bonds is 1. The van der Waals surface area contributed by atoms with Gasteiger partial charge in [-0.25, -0.2) is 0 Å². The molecule has 0 aliphatic carbocycles. The van der Waals surface area contributed by atoms with Gasteiger partial charge in [0.05, 0.1) is 0 Å². The topological polar surface area (TPSA) is 81.6 Å². The van der Waals surface area contributed by atoms with Crippen LogP contribution in [-0.2, 0) is 4.79 Å². The van der Waals surface area contributed by atoms with Gasteiger partial charge in [0.1, 0.15) is 6.61 Å². The van der Waals surface area contributed by atoms with Crippen molar-refractivity contribution < 1.29 is 15.0 Å². The molecule has 5 heteroatoms. The van der Waals surface area contributed by atoms with Gasteiger partial charge in [-0.1, -0.05) is 0 Å². The largest absolute Gasteiger partial charge is 0.389 e. The third-order valence-corrected chi connectivity index (χ3v) is 1.12. The predicted molar refractivity (Wildman–Crippen MR) is 32.5 cm³/mol. The predicted octanol–water partition coefficient (Wildman–Crippen LogP) is -2.14. The molecule has 0 saturated heterocycles. The number of amides is 1. The summed E-state index contributed by atoms with van der Waals surface area (Å²) in [6.45, 7) is -0.566. The molecule has 1 rings (SSSR count). The first-order chi connectivity index (χ1) is 4.66. The molecule has 0 radical (unpaired) electrons. The highest BCUT2D eigenvalue weighted by Crippen LogP contribution is 1.97. The molecule has 0 spiro atoms. The van der Waals surface area contributed by atoms with Crippen LogP contribution in [0.2, 0.25) is 0 Å². The maximum atomic E-state index is 10.5. The average molecular weight is 144 g/mol. The van der Waals surface area contributed by atoms with Gasteiger partial charge >= 0.3 is 0 Å². The molecule has 1 atom stereocenters. The van der Waals surface area contributed by atoms with E-state index in [9.17, 15) is 4.79 Å². The quantitative estimate of drug-likeness (QED) is 0.338. The molecular weight excluding hydrogens is 136 g/mol. The maximum Gasteiger partial charge on any atom is 0.249 e. The monoisotopic (exact) mass is 144 g/mol. The van der Waals surface area contributed by atoms with Crippen molar-refractivity contribution in [3.05, 3.63) is 12.3 Å². The highest BCUT2D eigenvalue weighted by molar-refractivity contribution is 5.88. The molecule has 4 N–H and O–H groups in total. The highest BCUT2D eigenvalue weighted by Gasteiger charge is 2.27. The zero-order valence-corrected chi connectivity index (χ0v) is 5.16. The molecule has 5 nitrogen and oxygen atoms in total. The van der Waals surface area contributed by atoms with E-state index in [1.54, 1.807) is 0 Å². The molecule has 1 aliphatic heterocycles. The number of hydrogen-bond donors (Lipinski definition) is 4. The van der Waals surface area contributed by atoms with Crippen LogP contribution in [0.1, 0.15) is 0 Å². The van der Waals surface area contributed by atoms with Gasteiger partial charge in [0.15, 0.2) is 0 Å². The van der Waals surface area contributed by atoms with Crippen molar-refractivity contribution in [3.63, 3.8) is 0 Å². The Kier molecular flexibility index (Phi) is 1.60. The normalized spacial score (nSPS) is 31.2. The van der Waals surface area contributed by atoms with Crippen molar-refractivity contribution in [1.29, 1.82) is 0 Å². The van der Waals surface area contributed by atoms with E-state index in [4.69, 9.17) is 10.2 Å². The van der Waals surface area contributed by atoms with Crippen molar-refractivity contribution in [1.82, 2.24) is 10.6 Å². The van der Waals surface area contributed by atoms with E-state index in [-0.39, 0.29) is 0 Å². The summed E-state index contributed by atoms with van der Waals surface area (Å²) in [5.74, 6) is -2.12. The van der Waals surface area contributed by atoms with Gasteiger partial charge in [-0.3, -0.25) is 4.79 Å². The van der Waals surface area contributed by atoms with E-state index >= 15 is 0 Å². The van der Waals surface area contributed by atoms with E-state index in [1.807, 2.05) is 0 Å². The molecule has 1 aliphatic rings. The Morgan fingerprint density at radius 3 is 2.80 bits per heavy atom. The minimum absolute atomic E-state index is 0.435. The Morgan fingerprint density at radius 1 is 1.70 bits per heavy atom. The third-order valence-electron chi connectivity index (χ3n) is 1.12. The highest BCUT2D eigenvalue weighted by atomic mass is 16.4. The van der Waals surface area contributed by atoms with Gasteiger partial charge in [-0.05, 0) is 0 Å². The fraction of sp³-hybridized carbons (Fsp3) is 0.400. The lowest BCUT2D eigenvalue weighted by Gasteiger charge is -2.28. The summed E-state index contributed by atoms with van der Waals surface area (Å²) in [7, 11) is 0. The summed E-state index contributed by atoms with van der Waals surface area (Å²) in [6.07, 6.45) is 2.49. The molecule has 1 amide bonds. The summed E-state index contributed by atoms with van der Waals surface area (Å²) in [5, 5.41) is 22.1. The van der Waals surface area contributed by atoms with Crippen molar-refractivity contribution in [2.24, 2.45) is 0 Å². The SMILES string of the molecule is O=C1C=CNC(O)(CO)N1. The Bertz CT molecular complexity index is 180. The van der Waals surface area contributed by atoms with Gasteiger partial charge < -0.3 is 20.8 Å². The maximum absolute atomic E-state index is 10.5. The van der Waals surface area contributed by atoms with Crippen LogP contribution in [-0.4, -0.2) is 28.6 Å². The Hall–Kier alpha value is -1.07. The van der Waals surface area contributed by atoms with Crippen molar-refractivity contribution in [3.8, 4) is 0 Å². The third kappa shape index (κ3) is 1.26. The molecule has 1 unspecified atom stereocenters. The molecule has 0 aromatic carbocycles. The van der Waals surface area contributed by atoms with Crippen LogP contribution < -0.4 is 10.6 Å². The van der Waals surface area contributed by atoms with Gasteiger partial charge in [0.25, 0.3) is 0 Å². The minimum Gasteiger partial charge on any atom is -0.389 e. The Balaban J connectivity index is 2.67. The number of aliphatic hydroxyl groups is 2. The van der Waals surface area contributed by atoms with Crippen LogP contribution in [0.25, 0.3) is 0 Å². The number of aliphatic hydroxyl groups excluding tert-OH is 1. The lowest BCUT2D eigenvalue weighted by atomic mass is 10.3. The smallest absolute Gasteiger partial charge is 0.249 e. The fourth-order valence-corrected chi connectivity index (χ4v) is 0.622. The van der Waals surface area contributed by atoms with Crippen LogP contribution in [0.15, 0.2) is 12.3 Å². The zero-order chi connectivity index (χ0) is 7.61. The van der Waals surface area contributed by atoms with E-state index in [0.717, 1.165) is 0 Å². The van der Waals surface area contributed by atoms with Gasteiger partial charge in [-0.15, -0.1) is 0 Å². The summed E-state index contributed by atoms with van der Waals surface area (Å²) < 4.78 is 0. The molecule has 0 aromatic heterocycles. The van der Waals surface area contributed by atoms with Crippen LogP contribution >= 0.6 is 0 Å². The molecule has 0 aromatic rings. The number of nitrogens with one attached hydrogen (secondary N) is 2. The number of carbonyl (C=O) groups excluding carboxylic acids is 1. The lowest BCUT2D eigenvalue weighted by Crippen LogP contribution is -2.61. The summed E-state index contributed by atoms with van der Waals surface area (Å²) in [6, 6.07) is 0. The Labute approximate surface area is 57.4 Å². The first kappa shape index (κ1) is 7.04. The molecule has 56 valence electrons. The van der Waals surface area contributed by atoms with Crippen LogP contribution in [0, 0.1) is 0 Å². The van der Waals surface area contributed by atoms with Crippen molar-refractivity contribution in [2.45, 2.75) is 5.85 Å². The second kappa shape index (κ2) is 2.28. The number of carbonyl (C=O) groups is 1. The van der Waals surface area contributed by atoms with Gasteiger partial charge in [-0.2, -0.15) is 0 Å². The first-order valence-electron chi connectivity index (χ1n) is 2.76. The average Bonchev–Trinajstić information content (AvgIpc) is 1.88. The van der Waals surface area contributed by atoms with E-state index < -0.39 is 18.4 Å². The second-order valence-electron chi connectivity index (χ2n) is 1.99. The van der Waals surface area contributed by atoms with Gasteiger partial charge in [0, 0.05) is 12.3 Å². The van der Waals surface area contributed by atoms with Crippen molar-refractivity contribution in [2.75, 3.05) is 6.61 Å². The van der Waals surface area contributed by atoms with Crippen LogP contribution in [0.3, 0.4) is 0 Å². The number of hydrogen-bond acceptors (Lipinski definition) is 4. The molecule has 0 saturated carbocycles. The van der Waals surface area contributed by atoms with Gasteiger partial charge in [0.2, 0.25) is 11.8 Å². The lowest BCUT2D eigenvalue weighted by molar-refractivity contribution is -0.131. The molecular formula is C5H8N2O3. The Morgan fingerprint density at radius 2 is 2.40 bits per heavy atom. The standard InChI is InChI=1S/C5H8N2O3/c8-3-5(10)6-2-1-4(9)7-5/h1-2,6,8,10H,3H2,(H,7,9). The zero-order valence-electron chi connectivity index (χ0n) is 5.16. The molecule has 10 heavy (non-hydrogen) atoms.